The molecular weight excluding hydrogens is 492 g/mol. The Kier molecular flexibility index (Phi) is 7.34. The molecule has 0 atom stereocenters. The first-order valence-corrected chi connectivity index (χ1v) is 11.8. The minimum Gasteiger partial charge on any atom is -0.493 e. The van der Waals surface area contributed by atoms with Gasteiger partial charge in [0, 0.05) is 25.7 Å². The fourth-order valence-electron chi connectivity index (χ4n) is 4.17. The average Bonchev–Trinajstić information content (AvgIpc) is 3.20. The van der Waals surface area contributed by atoms with E-state index in [1.165, 1.54) is 0 Å². The minimum atomic E-state index is -1.35. The number of carbonyl (C=O) groups is 1. The lowest BCUT2D eigenvalue weighted by Crippen LogP contribution is -2.34. The Labute approximate surface area is 200 Å². The number of rotatable bonds is 8. The van der Waals surface area contributed by atoms with Crippen LogP contribution in [0.4, 0.5) is 4.79 Å². The van der Waals surface area contributed by atoms with Gasteiger partial charge in [-0.2, -0.15) is 0 Å². The van der Waals surface area contributed by atoms with Crippen LogP contribution in [-0.4, -0.2) is 57.5 Å². The van der Waals surface area contributed by atoms with E-state index in [2.05, 4.69) is 43.3 Å². The number of fused-ring (bicyclic) bond motifs is 1. The smallest absolute Gasteiger partial charge is 0.493 e. The maximum Gasteiger partial charge on any atom is 0.511 e. The van der Waals surface area contributed by atoms with Crippen LogP contribution in [0.3, 0.4) is 0 Å². The van der Waals surface area contributed by atoms with Gasteiger partial charge in [0.15, 0.2) is 0 Å². The summed E-state index contributed by atoms with van der Waals surface area (Å²) in [4.78, 5) is 13.2. The molecule has 0 radical (unpaired) electrons. The topological polar surface area (TPSA) is 98.9 Å². The van der Waals surface area contributed by atoms with Crippen molar-refractivity contribution in [3.63, 3.8) is 0 Å². The summed E-state index contributed by atoms with van der Waals surface area (Å²) in [5.74, 6) is 1.84. The van der Waals surface area contributed by atoms with E-state index < -0.39 is 6.16 Å². The van der Waals surface area contributed by atoms with Crippen molar-refractivity contribution in [1.29, 1.82) is 0 Å². The van der Waals surface area contributed by atoms with Crippen molar-refractivity contribution in [2.24, 2.45) is 0 Å². The summed E-state index contributed by atoms with van der Waals surface area (Å²) in [6.07, 6.45) is 0.541. The highest BCUT2D eigenvalue weighted by atomic mass is 79.9. The van der Waals surface area contributed by atoms with E-state index in [1.807, 2.05) is 24.6 Å². The standard InChI is InChI=1S/C23H27BrN4O5/c1-3-31-20-11-15(12-21(22(20)24)32-4-2)14-27-9-7-16(8-10-27)28-19-6-5-17(33-23(29)30)13-18(19)25-26-28/h5-6,11-13,16H,3-4,7-10,14H2,1-2H3,(H,29,30). The number of hydrogen-bond donors (Lipinski definition) is 1. The van der Waals surface area contributed by atoms with Crippen LogP contribution in [-0.2, 0) is 6.54 Å². The largest absolute Gasteiger partial charge is 0.511 e. The molecular formula is C23H27BrN4O5. The molecule has 0 saturated carbocycles. The van der Waals surface area contributed by atoms with Crippen LogP contribution < -0.4 is 14.2 Å². The van der Waals surface area contributed by atoms with E-state index in [-0.39, 0.29) is 11.8 Å². The van der Waals surface area contributed by atoms with Crippen LogP contribution in [0.25, 0.3) is 11.0 Å². The summed E-state index contributed by atoms with van der Waals surface area (Å²) in [6.45, 7) is 7.79. The summed E-state index contributed by atoms with van der Waals surface area (Å²) in [5.41, 5.74) is 2.65. The highest BCUT2D eigenvalue weighted by Gasteiger charge is 2.24. The summed E-state index contributed by atoms with van der Waals surface area (Å²) < 4.78 is 19.1. The first-order valence-electron chi connectivity index (χ1n) is 11.0. The molecule has 0 amide bonds. The average molecular weight is 519 g/mol. The molecule has 4 rings (SSSR count). The molecule has 9 nitrogen and oxygen atoms in total. The molecule has 2 aromatic carbocycles. The summed E-state index contributed by atoms with van der Waals surface area (Å²) in [6, 6.07) is 9.42. The number of nitrogens with zero attached hydrogens (tertiary/aromatic N) is 4. The number of carboxylic acid groups (broad SMARTS) is 1. The highest BCUT2D eigenvalue weighted by molar-refractivity contribution is 9.10. The first kappa shape index (κ1) is 23.3. The highest BCUT2D eigenvalue weighted by Crippen LogP contribution is 2.37. The van der Waals surface area contributed by atoms with Gasteiger partial charge in [0.2, 0.25) is 0 Å². The van der Waals surface area contributed by atoms with Gasteiger partial charge in [-0.3, -0.25) is 4.90 Å². The van der Waals surface area contributed by atoms with Gasteiger partial charge >= 0.3 is 6.16 Å². The van der Waals surface area contributed by atoms with Gasteiger partial charge in [0.1, 0.15) is 27.2 Å². The molecule has 1 saturated heterocycles. The third-order valence-electron chi connectivity index (χ3n) is 5.62. The second kappa shape index (κ2) is 10.4. The SMILES string of the molecule is CCOc1cc(CN2CCC(n3nnc4cc(OC(=O)O)ccc43)CC2)cc(OCC)c1Br. The fraction of sp³-hybridized carbons (Fsp3) is 0.435. The lowest BCUT2D eigenvalue weighted by atomic mass is 10.0. The van der Waals surface area contributed by atoms with Crippen molar-refractivity contribution in [2.75, 3.05) is 26.3 Å². The molecule has 176 valence electrons. The van der Waals surface area contributed by atoms with E-state index in [1.54, 1.807) is 12.1 Å². The lowest BCUT2D eigenvalue weighted by Gasteiger charge is -2.32. The van der Waals surface area contributed by atoms with Crippen molar-refractivity contribution >= 4 is 33.1 Å². The predicted octanol–water partition coefficient (Wildman–Crippen LogP) is 4.89. The van der Waals surface area contributed by atoms with Crippen molar-refractivity contribution in [3.05, 3.63) is 40.4 Å². The Morgan fingerprint density at radius 3 is 2.39 bits per heavy atom. The van der Waals surface area contributed by atoms with Crippen LogP contribution in [0.15, 0.2) is 34.8 Å². The molecule has 2 heterocycles. The number of halogens is 1. The third-order valence-corrected chi connectivity index (χ3v) is 6.40. The molecule has 0 bridgehead atoms. The van der Waals surface area contributed by atoms with Gasteiger partial charge in [-0.1, -0.05) is 5.21 Å². The van der Waals surface area contributed by atoms with Gasteiger partial charge in [0.25, 0.3) is 0 Å². The number of aromatic nitrogens is 3. The predicted molar refractivity (Wildman–Crippen MR) is 126 cm³/mol. The van der Waals surface area contributed by atoms with Gasteiger partial charge in [-0.25, -0.2) is 9.48 Å². The molecule has 1 fully saturated rings. The molecule has 1 aliphatic rings. The Morgan fingerprint density at radius 1 is 1.12 bits per heavy atom. The molecule has 1 N–H and O–H groups in total. The van der Waals surface area contributed by atoms with Crippen molar-refractivity contribution in [2.45, 2.75) is 39.3 Å². The second-order valence-electron chi connectivity index (χ2n) is 7.83. The van der Waals surface area contributed by atoms with Crippen molar-refractivity contribution in [1.82, 2.24) is 19.9 Å². The minimum absolute atomic E-state index is 0.236. The van der Waals surface area contributed by atoms with Crippen molar-refractivity contribution < 1.29 is 24.1 Å². The van der Waals surface area contributed by atoms with Gasteiger partial charge in [-0.15, -0.1) is 5.10 Å². The zero-order chi connectivity index (χ0) is 23.4. The number of piperidine rings is 1. The molecule has 0 spiro atoms. The first-order chi connectivity index (χ1) is 16.0. The summed E-state index contributed by atoms with van der Waals surface area (Å²) in [5, 5.41) is 17.3. The van der Waals surface area contributed by atoms with Gasteiger partial charge in [-0.05, 0) is 72.4 Å². The van der Waals surface area contributed by atoms with E-state index in [0.717, 1.165) is 59.5 Å². The Hall–Kier alpha value is -2.85. The lowest BCUT2D eigenvalue weighted by molar-refractivity contribution is 0.144. The quantitative estimate of drug-likeness (QED) is 0.332. The summed E-state index contributed by atoms with van der Waals surface area (Å²) >= 11 is 3.59. The molecule has 1 aliphatic heterocycles. The Morgan fingerprint density at radius 2 is 1.79 bits per heavy atom. The van der Waals surface area contributed by atoms with Gasteiger partial charge < -0.3 is 19.3 Å². The molecule has 3 aromatic rings. The normalized spacial score (nSPS) is 15.0. The summed E-state index contributed by atoms with van der Waals surface area (Å²) in [7, 11) is 0. The van der Waals surface area contributed by atoms with Crippen LogP contribution >= 0.6 is 15.9 Å². The third kappa shape index (κ3) is 5.39. The number of benzene rings is 2. The maximum absolute atomic E-state index is 10.8. The molecule has 1 aromatic heterocycles. The van der Waals surface area contributed by atoms with Crippen LogP contribution in [0.5, 0.6) is 17.2 Å². The van der Waals surface area contributed by atoms with E-state index in [9.17, 15) is 4.79 Å². The molecule has 10 heteroatoms. The second-order valence-corrected chi connectivity index (χ2v) is 8.62. The van der Waals surface area contributed by atoms with Crippen LogP contribution in [0.2, 0.25) is 0 Å². The van der Waals surface area contributed by atoms with E-state index in [0.29, 0.717) is 18.7 Å². The number of likely N-dealkylation sites (tertiary alicyclic amines) is 1. The number of hydrogen-bond acceptors (Lipinski definition) is 7. The van der Waals surface area contributed by atoms with Crippen molar-refractivity contribution in [3.8, 4) is 17.2 Å². The van der Waals surface area contributed by atoms with Crippen LogP contribution in [0.1, 0.15) is 38.3 Å². The Bertz CT molecular complexity index is 1100. The van der Waals surface area contributed by atoms with E-state index >= 15 is 0 Å². The zero-order valence-electron chi connectivity index (χ0n) is 18.7. The van der Waals surface area contributed by atoms with E-state index in [4.69, 9.17) is 19.3 Å². The Balaban J connectivity index is 1.43. The van der Waals surface area contributed by atoms with Gasteiger partial charge in [0.05, 0.1) is 24.8 Å². The molecule has 33 heavy (non-hydrogen) atoms. The molecule has 0 unspecified atom stereocenters. The maximum atomic E-state index is 10.8. The van der Waals surface area contributed by atoms with Crippen LogP contribution in [0, 0.1) is 0 Å². The monoisotopic (exact) mass is 518 g/mol. The molecule has 0 aliphatic carbocycles. The zero-order valence-corrected chi connectivity index (χ0v) is 20.2. The fourth-order valence-corrected chi connectivity index (χ4v) is 4.63. The number of ether oxygens (including phenoxy) is 3.